The van der Waals surface area contributed by atoms with Crippen LogP contribution in [0.15, 0.2) is 49.6 Å². The van der Waals surface area contributed by atoms with E-state index in [4.69, 9.17) is 9.47 Å². The van der Waals surface area contributed by atoms with E-state index in [2.05, 4.69) is 13.2 Å². The topological polar surface area (TPSA) is 35.5 Å². The van der Waals surface area contributed by atoms with Crippen molar-refractivity contribution >= 4 is 5.97 Å². The first-order chi connectivity index (χ1) is 11.7. The molecule has 3 heteroatoms. The molecule has 0 unspecified atom stereocenters. The molecule has 0 saturated heterocycles. The fraction of sp³-hybridized carbons (Fsp3) is 0.476. The molecule has 1 aliphatic carbocycles. The Morgan fingerprint density at radius 2 is 1.71 bits per heavy atom. The molecular formula is C21H28O3. The molecule has 0 spiro atoms. The Kier molecular flexibility index (Phi) is 7.60. The van der Waals surface area contributed by atoms with E-state index in [1.165, 1.54) is 12.8 Å². The average molecular weight is 328 g/mol. The molecule has 1 fully saturated rings. The molecule has 1 saturated carbocycles. The lowest BCUT2D eigenvalue weighted by molar-refractivity contribution is -0.140. The molecule has 0 bridgehead atoms. The minimum absolute atomic E-state index is 0.0392. The summed E-state index contributed by atoms with van der Waals surface area (Å²) in [6, 6.07) is 7.17. The summed E-state index contributed by atoms with van der Waals surface area (Å²) in [7, 11) is 0. The highest BCUT2D eigenvalue weighted by molar-refractivity contribution is 5.75. The van der Waals surface area contributed by atoms with Crippen LogP contribution in [0, 0.1) is 11.8 Å². The SMILES string of the molecule is C=CCCC[C@H]1CC[C@H](C(=O)Oc2ccc(OCC=C)cc2)CC1. The van der Waals surface area contributed by atoms with Crippen LogP contribution >= 0.6 is 0 Å². The minimum atomic E-state index is -0.0979. The van der Waals surface area contributed by atoms with E-state index in [1.807, 2.05) is 18.2 Å². The van der Waals surface area contributed by atoms with E-state index in [-0.39, 0.29) is 11.9 Å². The number of unbranched alkanes of at least 4 members (excludes halogenated alkanes) is 1. The van der Waals surface area contributed by atoms with Crippen molar-refractivity contribution < 1.29 is 14.3 Å². The van der Waals surface area contributed by atoms with Crippen LogP contribution in [0.25, 0.3) is 0 Å². The van der Waals surface area contributed by atoms with Gasteiger partial charge < -0.3 is 9.47 Å². The van der Waals surface area contributed by atoms with Crippen LogP contribution < -0.4 is 9.47 Å². The highest BCUT2D eigenvalue weighted by atomic mass is 16.5. The van der Waals surface area contributed by atoms with Gasteiger partial charge in [0.1, 0.15) is 18.1 Å². The molecule has 3 nitrogen and oxygen atoms in total. The molecule has 2 rings (SSSR count). The normalized spacial score (nSPS) is 20.2. The van der Waals surface area contributed by atoms with Crippen LogP contribution in [0.3, 0.4) is 0 Å². The molecule has 0 N–H and O–H groups in total. The molecule has 0 aliphatic heterocycles. The highest BCUT2D eigenvalue weighted by Crippen LogP contribution is 2.33. The summed E-state index contributed by atoms with van der Waals surface area (Å²) in [5.74, 6) is 2.03. The van der Waals surface area contributed by atoms with Gasteiger partial charge in [-0.2, -0.15) is 0 Å². The molecule has 130 valence electrons. The van der Waals surface area contributed by atoms with Gasteiger partial charge in [0.05, 0.1) is 5.92 Å². The Hall–Kier alpha value is -2.03. The summed E-state index contributed by atoms with van der Waals surface area (Å²) in [5, 5.41) is 0. The van der Waals surface area contributed by atoms with Crippen molar-refractivity contribution in [3.8, 4) is 11.5 Å². The number of carbonyl (C=O) groups is 1. The van der Waals surface area contributed by atoms with E-state index >= 15 is 0 Å². The Balaban J connectivity index is 1.74. The fourth-order valence-electron chi connectivity index (χ4n) is 3.20. The van der Waals surface area contributed by atoms with Gasteiger partial charge in [0, 0.05) is 0 Å². The number of allylic oxidation sites excluding steroid dienone is 1. The van der Waals surface area contributed by atoms with Gasteiger partial charge in [-0.3, -0.25) is 4.79 Å². The monoisotopic (exact) mass is 328 g/mol. The van der Waals surface area contributed by atoms with Crippen molar-refractivity contribution in [2.24, 2.45) is 11.8 Å². The highest BCUT2D eigenvalue weighted by Gasteiger charge is 2.27. The number of benzene rings is 1. The third kappa shape index (κ3) is 5.88. The average Bonchev–Trinajstić information content (AvgIpc) is 2.62. The zero-order valence-electron chi connectivity index (χ0n) is 14.4. The van der Waals surface area contributed by atoms with E-state index < -0.39 is 0 Å². The van der Waals surface area contributed by atoms with E-state index in [0.29, 0.717) is 12.4 Å². The zero-order valence-corrected chi connectivity index (χ0v) is 14.4. The van der Waals surface area contributed by atoms with E-state index in [9.17, 15) is 4.79 Å². The molecular weight excluding hydrogens is 300 g/mol. The van der Waals surface area contributed by atoms with Gasteiger partial charge in [0.25, 0.3) is 0 Å². The fourth-order valence-corrected chi connectivity index (χ4v) is 3.20. The Morgan fingerprint density at radius 3 is 2.33 bits per heavy atom. The van der Waals surface area contributed by atoms with Gasteiger partial charge in [0.15, 0.2) is 0 Å². The summed E-state index contributed by atoms with van der Waals surface area (Å²) in [6.07, 6.45) is 11.4. The predicted molar refractivity (Wildman–Crippen MR) is 97.3 cm³/mol. The first kappa shape index (κ1) is 18.3. The van der Waals surface area contributed by atoms with Crippen LogP contribution in [0.2, 0.25) is 0 Å². The Morgan fingerprint density at radius 1 is 1.04 bits per heavy atom. The molecule has 1 aliphatic rings. The molecule has 0 aromatic heterocycles. The van der Waals surface area contributed by atoms with Gasteiger partial charge >= 0.3 is 5.97 Å². The number of rotatable bonds is 9. The standard InChI is InChI=1S/C21H28O3/c1-3-5-6-7-17-8-10-18(11-9-17)21(22)24-20-14-12-19(13-15-20)23-16-4-2/h3-4,12-15,17-18H,1-2,5-11,16H2/t17-,18-. The summed E-state index contributed by atoms with van der Waals surface area (Å²) >= 11 is 0. The van der Waals surface area contributed by atoms with Gasteiger partial charge in [-0.05, 0) is 68.7 Å². The van der Waals surface area contributed by atoms with Crippen molar-refractivity contribution in [3.05, 3.63) is 49.6 Å². The van der Waals surface area contributed by atoms with Crippen LogP contribution in [-0.2, 0) is 4.79 Å². The molecule has 0 amide bonds. The lowest BCUT2D eigenvalue weighted by Gasteiger charge is -2.27. The third-order valence-corrected chi connectivity index (χ3v) is 4.61. The van der Waals surface area contributed by atoms with Crippen molar-refractivity contribution in [1.82, 2.24) is 0 Å². The van der Waals surface area contributed by atoms with Crippen LogP contribution in [0.1, 0.15) is 44.9 Å². The van der Waals surface area contributed by atoms with Crippen LogP contribution in [-0.4, -0.2) is 12.6 Å². The quantitative estimate of drug-likeness (QED) is 0.266. The Bertz CT molecular complexity index is 525. The molecule has 0 radical (unpaired) electrons. The lowest BCUT2D eigenvalue weighted by Crippen LogP contribution is -2.25. The second kappa shape index (κ2) is 9.96. The maximum atomic E-state index is 12.3. The van der Waals surface area contributed by atoms with Crippen molar-refractivity contribution in [3.63, 3.8) is 0 Å². The largest absolute Gasteiger partial charge is 0.490 e. The second-order valence-corrected chi connectivity index (χ2v) is 6.43. The van der Waals surface area contributed by atoms with Crippen molar-refractivity contribution in [1.29, 1.82) is 0 Å². The molecule has 1 aromatic rings. The lowest BCUT2D eigenvalue weighted by atomic mass is 9.80. The van der Waals surface area contributed by atoms with Gasteiger partial charge in [-0.1, -0.05) is 25.2 Å². The van der Waals surface area contributed by atoms with Gasteiger partial charge in [-0.25, -0.2) is 0 Å². The number of ether oxygens (including phenoxy) is 2. The first-order valence-corrected chi connectivity index (χ1v) is 8.89. The smallest absolute Gasteiger partial charge is 0.314 e. The number of hydrogen-bond donors (Lipinski definition) is 0. The molecule has 0 atom stereocenters. The molecule has 1 aromatic carbocycles. The van der Waals surface area contributed by atoms with E-state index in [1.54, 1.807) is 18.2 Å². The van der Waals surface area contributed by atoms with Gasteiger partial charge in [-0.15, -0.1) is 6.58 Å². The van der Waals surface area contributed by atoms with Crippen LogP contribution in [0.5, 0.6) is 11.5 Å². The maximum absolute atomic E-state index is 12.3. The third-order valence-electron chi connectivity index (χ3n) is 4.61. The Labute approximate surface area is 145 Å². The van der Waals surface area contributed by atoms with Crippen molar-refractivity contribution in [2.75, 3.05) is 6.61 Å². The molecule has 24 heavy (non-hydrogen) atoms. The summed E-state index contributed by atoms with van der Waals surface area (Å²) in [6.45, 7) is 7.84. The summed E-state index contributed by atoms with van der Waals surface area (Å²) in [5.41, 5.74) is 0. The minimum Gasteiger partial charge on any atom is -0.490 e. The van der Waals surface area contributed by atoms with Gasteiger partial charge in [0.2, 0.25) is 0 Å². The summed E-state index contributed by atoms with van der Waals surface area (Å²) in [4.78, 5) is 12.3. The molecule has 0 heterocycles. The second-order valence-electron chi connectivity index (χ2n) is 6.43. The summed E-state index contributed by atoms with van der Waals surface area (Å²) < 4.78 is 10.9. The number of hydrogen-bond acceptors (Lipinski definition) is 3. The van der Waals surface area contributed by atoms with Crippen LogP contribution in [0.4, 0.5) is 0 Å². The zero-order chi connectivity index (χ0) is 17.2. The number of esters is 1. The van der Waals surface area contributed by atoms with E-state index in [0.717, 1.165) is 43.8 Å². The maximum Gasteiger partial charge on any atom is 0.314 e. The predicted octanol–water partition coefficient (Wildman–Crippen LogP) is 5.32. The first-order valence-electron chi connectivity index (χ1n) is 8.89. The number of carbonyl (C=O) groups excluding carboxylic acids is 1. The van der Waals surface area contributed by atoms with Crippen molar-refractivity contribution in [2.45, 2.75) is 44.9 Å².